The number of ether oxygens (including phenoxy) is 1. The van der Waals surface area contributed by atoms with Crippen LogP contribution >= 0.6 is 0 Å². The number of aliphatic hydroxyl groups is 1. The van der Waals surface area contributed by atoms with Crippen molar-refractivity contribution in [1.82, 2.24) is 4.90 Å². The molecule has 1 aromatic rings. The van der Waals surface area contributed by atoms with Crippen molar-refractivity contribution in [3.63, 3.8) is 0 Å². The fraction of sp³-hybridized carbons (Fsp3) is 0.500. The van der Waals surface area contributed by atoms with Gasteiger partial charge < -0.3 is 14.7 Å². The van der Waals surface area contributed by atoms with Crippen LogP contribution in [-0.4, -0.2) is 41.7 Å². The number of para-hydroxylation sites is 1. The normalized spacial score (nSPS) is 23.8. The first-order valence-corrected chi connectivity index (χ1v) is 6.18. The van der Waals surface area contributed by atoms with Gasteiger partial charge in [0, 0.05) is 13.1 Å². The zero-order chi connectivity index (χ0) is 13.2. The summed E-state index contributed by atoms with van der Waals surface area (Å²) in [5, 5.41) is 10.0. The maximum atomic E-state index is 12.4. The van der Waals surface area contributed by atoms with Gasteiger partial charge in [-0.15, -0.1) is 0 Å². The van der Waals surface area contributed by atoms with Gasteiger partial charge in [-0.1, -0.05) is 12.1 Å². The van der Waals surface area contributed by atoms with E-state index in [4.69, 9.17) is 4.74 Å². The Morgan fingerprint density at radius 1 is 1.44 bits per heavy atom. The van der Waals surface area contributed by atoms with E-state index in [-0.39, 0.29) is 5.91 Å². The van der Waals surface area contributed by atoms with Crippen LogP contribution in [0.2, 0.25) is 0 Å². The van der Waals surface area contributed by atoms with Gasteiger partial charge in [-0.2, -0.15) is 0 Å². The quantitative estimate of drug-likeness (QED) is 0.867. The Balaban J connectivity index is 2.20. The minimum Gasteiger partial charge on any atom is -0.496 e. The number of amides is 1. The van der Waals surface area contributed by atoms with E-state index in [9.17, 15) is 9.90 Å². The number of benzene rings is 1. The largest absolute Gasteiger partial charge is 0.496 e. The van der Waals surface area contributed by atoms with Crippen molar-refractivity contribution in [3.05, 3.63) is 29.8 Å². The zero-order valence-corrected chi connectivity index (χ0v) is 10.8. The Kier molecular flexibility index (Phi) is 3.57. The van der Waals surface area contributed by atoms with Crippen LogP contribution in [0.1, 0.15) is 30.1 Å². The molecule has 0 bridgehead atoms. The molecule has 1 N–H and O–H groups in total. The molecule has 0 aliphatic carbocycles. The molecule has 98 valence electrons. The van der Waals surface area contributed by atoms with Crippen molar-refractivity contribution in [2.24, 2.45) is 0 Å². The predicted molar refractivity (Wildman–Crippen MR) is 68.8 cm³/mol. The van der Waals surface area contributed by atoms with E-state index in [0.717, 1.165) is 12.8 Å². The summed E-state index contributed by atoms with van der Waals surface area (Å²) >= 11 is 0. The number of likely N-dealkylation sites (tertiary alicyclic amines) is 1. The lowest BCUT2D eigenvalue weighted by atomic mass is 9.94. The number of methoxy groups -OCH3 is 1. The molecule has 1 aliphatic heterocycles. The third-order valence-corrected chi connectivity index (χ3v) is 3.30. The molecule has 4 nitrogen and oxygen atoms in total. The predicted octanol–water partition coefficient (Wildman–Crippen LogP) is 1.68. The molecule has 0 aromatic heterocycles. The van der Waals surface area contributed by atoms with Crippen LogP contribution in [-0.2, 0) is 0 Å². The van der Waals surface area contributed by atoms with Crippen LogP contribution in [0.25, 0.3) is 0 Å². The number of β-amino-alcohol motifs (C(OH)–C–C–N with tert-alkyl or cyclic N) is 1. The van der Waals surface area contributed by atoms with Crippen molar-refractivity contribution in [1.29, 1.82) is 0 Å². The average molecular weight is 249 g/mol. The van der Waals surface area contributed by atoms with Crippen LogP contribution in [0, 0.1) is 0 Å². The second-order valence-corrected chi connectivity index (χ2v) is 5.03. The van der Waals surface area contributed by atoms with E-state index in [1.165, 1.54) is 0 Å². The summed E-state index contributed by atoms with van der Waals surface area (Å²) in [7, 11) is 1.55. The van der Waals surface area contributed by atoms with Crippen molar-refractivity contribution in [2.45, 2.75) is 25.4 Å². The van der Waals surface area contributed by atoms with Gasteiger partial charge in [-0.25, -0.2) is 0 Å². The van der Waals surface area contributed by atoms with Crippen LogP contribution in [0.4, 0.5) is 0 Å². The molecule has 1 saturated heterocycles. The van der Waals surface area contributed by atoms with Crippen LogP contribution in [0.3, 0.4) is 0 Å². The highest BCUT2D eigenvalue weighted by Crippen LogP contribution is 2.25. The lowest BCUT2D eigenvalue weighted by Crippen LogP contribution is -2.48. The van der Waals surface area contributed by atoms with Gasteiger partial charge in [0.1, 0.15) is 5.75 Å². The lowest BCUT2D eigenvalue weighted by molar-refractivity contribution is -0.0108. The molecule has 1 aromatic carbocycles. The first-order valence-electron chi connectivity index (χ1n) is 6.18. The molecule has 4 heteroatoms. The van der Waals surface area contributed by atoms with E-state index in [1.807, 2.05) is 12.1 Å². The zero-order valence-electron chi connectivity index (χ0n) is 10.8. The fourth-order valence-corrected chi connectivity index (χ4v) is 2.39. The molecule has 18 heavy (non-hydrogen) atoms. The van der Waals surface area contributed by atoms with E-state index in [0.29, 0.717) is 24.4 Å². The monoisotopic (exact) mass is 249 g/mol. The van der Waals surface area contributed by atoms with Gasteiger partial charge in [0.05, 0.1) is 18.3 Å². The average Bonchev–Trinajstić information content (AvgIpc) is 2.36. The Morgan fingerprint density at radius 2 is 2.17 bits per heavy atom. The molecule has 0 saturated carbocycles. The number of piperidine rings is 1. The second-order valence-electron chi connectivity index (χ2n) is 5.03. The molecule has 1 aliphatic rings. The van der Waals surface area contributed by atoms with E-state index >= 15 is 0 Å². The molecular weight excluding hydrogens is 230 g/mol. The van der Waals surface area contributed by atoms with Gasteiger partial charge in [0.15, 0.2) is 0 Å². The van der Waals surface area contributed by atoms with E-state index < -0.39 is 5.60 Å². The minimum absolute atomic E-state index is 0.0765. The van der Waals surface area contributed by atoms with Crippen molar-refractivity contribution < 1.29 is 14.6 Å². The number of hydrogen-bond acceptors (Lipinski definition) is 3. The number of carbonyl (C=O) groups excluding carboxylic acids is 1. The van der Waals surface area contributed by atoms with Crippen LogP contribution in [0.5, 0.6) is 5.75 Å². The number of carbonyl (C=O) groups is 1. The number of nitrogens with zero attached hydrogens (tertiary/aromatic N) is 1. The molecule has 2 rings (SSSR count). The van der Waals surface area contributed by atoms with Gasteiger partial charge >= 0.3 is 0 Å². The Labute approximate surface area is 107 Å². The highest BCUT2D eigenvalue weighted by Gasteiger charge is 2.32. The first-order chi connectivity index (χ1) is 8.53. The minimum atomic E-state index is -0.782. The van der Waals surface area contributed by atoms with Gasteiger partial charge in [0.25, 0.3) is 5.91 Å². The molecular formula is C14H19NO3. The topological polar surface area (TPSA) is 49.8 Å². The third kappa shape index (κ3) is 2.64. The molecule has 1 fully saturated rings. The summed E-state index contributed by atoms with van der Waals surface area (Å²) < 4.78 is 5.20. The third-order valence-electron chi connectivity index (χ3n) is 3.30. The summed E-state index contributed by atoms with van der Waals surface area (Å²) in [5.74, 6) is 0.500. The number of hydrogen-bond donors (Lipinski definition) is 1. The standard InChI is InChI=1S/C14H19NO3/c1-14(17)8-5-9-15(10-14)13(16)11-6-3-4-7-12(11)18-2/h3-4,6-7,17H,5,8-10H2,1-2H3. The van der Waals surface area contributed by atoms with Crippen LogP contribution in [0.15, 0.2) is 24.3 Å². The van der Waals surface area contributed by atoms with Crippen molar-refractivity contribution in [2.75, 3.05) is 20.2 Å². The van der Waals surface area contributed by atoms with Crippen molar-refractivity contribution >= 4 is 5.91 Å². The van der Waals surface area contributed by atoms with Crippen molar-refractivity contribution in [3.8, 4) is 5.75 Å². The van der Waals surface area contributed by atoms with E-state index in [2.05, 4.69) is 0 Å². The van der Waals surface area contributed by atoms with E-state index in [1.54, 1.807) is 31.1 Å². The molecule has 1 heterocycles. The highest BCUT2D eigenvalue weighted by molar-refractivity contribution is 5.97. The first kappa shape index (κ1) is 12.9. The lowest BCUT2D eigenvalue weighted by Gasteiger charge is -2.37. The molecule has 1 amide bonds. The van der Waals surface area contributed by atoms with Gasteiger partial charge in [-0.05, 0) is 31.9 Å². The Morgan fingerprint density at radius 3 is 2.83 bits per heavy atom. The van der Waals surface area contributed by atoms with Crippen LogP contribution < -0.4 is 4.74 Å². The summed E-state index contributed by atoms with van der Waals surface area (Å²) in [6.07, 6.45) is 1.57. The molecule has 0 spiro atoms. The second kappa shape index (κ2) is 4.98. The smallest absolute Gasteiger partial charge is 0.257 e. The Bertz CT molecular complexity index is 442. The van der Waals surface area contributed by atoms with Gasteiger partial charge in [0.2, 0.25) is 0 Å². The highest BCUT2D eigenvalue weighted by atomic mass is 16.5. The Hall–Kier alpha value is -1.55. The SMILES string of the molecule is COc1ccccc1C(=O)N1CCCC(C)(O)C1. The maximum Gasteiger partial charge on any atom is 0.257 e. The fourth-order valence-electron chi connectivity index (χ4n) is 2.39. The molecule has 1 unspecified atom stereocenters. The van der Waals surface area contributed by atoms with Gasteiger partial charge in [-0.3, -0.25) is 4.79 Å². The summed E-state index contributed by atoms with van der Waals surface area (Å²) in [6.45, 7) is 2.84. The summed E-state index contributed by atoms with van der Waals surface area (Å²) in [6, 6.07) is 7.18. The summed E-state index contributed by atoms with van der Waals surface area (Å²) in [4.78, 5) is 14.1. The summed E-state index contributed by atoms with van der Waals surface area (Å²) in [5.41, 5.74) is -0.228. The molecule has 1 atom stereocenters. The maximum absolute atomic E-state index is 12.4. The number of rotatable bonds is 2. The molecule has 0 radical (unpaired) electrons.